The standard InChI is InChI=1S/C23H40N4O3.HI/c1-6-24-23(25-12-8-10-14-27-13-9-7-11-18(27)2)26-17-19-15-20(28-3)22(30-5)21(16-19)29-4;/h15-16,18H,6-14,17H2,1-5H3,(H2,24,25,26);1H. The number of ether oxygens (including phenoxy) is 3. The fourth-order valence-corrected chi connectivity index (χ4v) is 3.88. The topological polar surface area (TPSA) is 67.4 Å². The minimum absolute atomic E-state index is 0. The van der Waals surface area contributed by atoms with Crippen LogP contribution in [0.4, 0.5) is 0 Å². The van der Waals surface area contributed by atoms with Gasteiger partial charge in [0, 0.05) is 19.1 Å². The van der Waals surface area contributed by atoms with Crippen LogP contribution in [0.3, 0.4) is 0 Å². The fraction of sp³-hybridized carbons (Fsp3) is 0.696. The molecule has 1 aliphatic rings. The van der Waals surface area contributed by atoms with Crippen molar-refractivity contribution in [3.8, 4) is 17.2 Å². The number of benzene rings is 1. The second kappa shape index (κ2) is 15.4. The van der Waals surface area contributed by atoms with E-state index in [9.17, 15) is 0 Å². The van der Waals surface area contributed by atoms with Crippen LogP contribution in [0.2, 0.25) is 0 Å². The molecule has 2 N–H and O–H groups in total. The molecule has 178 valence electrons. The minimum atomic E-state index is 0. The molecular formula is C23H41IN4O3. The first-order valence-corrected chi connectivity index (χ1v) is 11.2. The van der Waals surface area contributed by atoms with E-state index in [2.05, 4.69) is 29.4 Å². The summed E-state index contributed by atoms with van der Waals surface area (Å²) in [7, 11) is 4.86. The van der Waals surface area contributed by atoms with Gasteiger partial charge in [-0.2, -0.15) is 0 Å². The van der Waals surface area contributed by atoms with Gasteiger partial charge in [0.25, 0.3) is 0 Å². The molecule has 2 rings (SSSR count). The molecule has 0 bridgehead atoms. The molecule has 0 saturated carbocycles. The molecule has 1 saturated heterocycles. The molecule has 0 aromatic heterocycles. The number of guanidine groups is 1. The Balaban J connectivity index is 0.00000480. The summed E-state index contributed by atoms with van der Waals surface area (Å²) in [5.41, 5.74) is 1.00. The van der Waals surface area contributed by atoms with Gasteiger partial charge >= 0.3 is 0 Å². The van der Waals surface area contributed by atoms with Crippen molar-refractivity contribution in [2.24, 2.45) is 4.99 Å². The summed E-state index contributed by atoms with van der Waals surface area (Å²) < 4.78 is 16.3. The predicted molar refractivity (Wildman–Crippen MR) is 138 cm³/mol. The molecule has 1 fully saturated rings. The first-order chi connectivity index (χ1) is 14.6. The predicted octanol–water partition coefficient (Wildman–Crippen LogP) is 4.04. The summed E-state index contributed by atoms with van der Waals surface area (Å²) in [6.07, 6.45) is 6.42. The Hall–Kier alpha value is -1.42. The Morgan fingerprint density at radius 3 is 2.35 bits per heavy atom. The summed E-state index contributed by atoms with van der Waals surface area (Å²) in [6.45, 7) is 9.16. The number of rotatable bonds is 11. The van der Waals surface area contributed by atoms with Crippen molar-refractivity contribution in [2.45, 2.75) is 58.5 Å². The maximum atomic E-state index is 5.43. The van der Waals surface area contributed by atoms with Crippen LogP contribution in [0.1, 0.15) is 51.5 Å². The van der Waals surface area contributed by atoms with Crippen LogP contribution < -0.4 is 24.8 Å². The molecule has 1 unspecified atom stereocenters. The maximum absolute atomic E-state index is 5.43. The third kappa shape index (κ3) is 8.92. The van der Waals surface area contributed by atoms with Crippen LogP contribution >= 0.6 is 24.0 Å². The van der Waals surface area contributed by atoms with Gasteiger partial charge in [0.05, 0.1) is 27.9 Å². The number of halogens is 1. The molecule has 0 amide bonds. The molecule has 1 atom stereocenters. The largest absolute Gasteiger partial charge is 0.493 e. The third-order valence-electron chi connectivity index (χ3n) is 5.59. The number of hydrogen-bond acceptors (Lipinski definition) is 5. The summed E-state index contributed by atoms with van der Waals surface area (Å²) in [6, 6.07) is 4.62. The lowest BCUT2D eigenvalue weighted by molar-refractivity contribution is 0.158. The van der Waals surface area contributed by atoms with Gasteiger partial charge in [-0.05, 0) is 70.3 Å². The molecule has 0 radical (unpaired) electrons. The van der Waals surface area contributed by atoms with Crippen LogP contribution in [0.15, 0.2) is 17.1 Å². The van der Waals surface area contributed by atoms with Crippen molar-refractivity contribution in [3.63, 3.8) is 0 Å². The van der Waals surface area contributed by atoms with E-state index in [0.29, 0.717) is 23.8 Å². The van der Waals surface area contributed by atoms with Gasteiger partial charge in [0.2, 0.25) is 5.75 Å². The van der Waals surface area contributed by atoms with E-state index < -0.39 is 0 Å². The molecular weight excluding hydrogens is 507 g/mol. The van der Waals surface area contributed by atoms with E-state index in [1.54, 1.807) is 21.3 Å². The number of nitrogens with one attached hydrogen (secondary N) is 2. The number of piperidine rings is 1. The van der Waals surface area contributed by atoms with Crippen LogP contribution in [0.25, 0.3) is 0 Å². The Labute approximate surface area is 205 Å². The van der Waals surface area contributed by atoms with Gasteiger partial charge in [-0.15, -0.1) is 24.0 Å². The smallest absolute Gasteiger partial charge is 0.203 e. The highest BCUT2D eigenvalue weighted by Gasteiger charge is 2.17. The molecule has 1 aromatic rings. The Bertz CT molecular complexity index is 647. The van der Waals surface area contributed by atoms with Crippen molar-refractivity contribution in [3.05, 3.63) is 17.7 Å². The molecule has 1 aromatic carbocycles. The number of methoxy groups -OCH3 is 3. The van der Waals surface area contributed by atoms with Crippen molar-refractivity contribution < 1.29 is 14.2 Å². The molecule has 0 spiro atoms. The summed E-state index contributed by atoms with van der Waals surface area (Å²) in [5, 5.41) is 6.77. The van der Waals surface area contributed by atoms with Gasteiger partial charge in [-0.25, -0.2) is 4.99 Å². The van der Waals surface area contributed by atoms with Gasteiger partial charge in [0.15, 0.2) is 17.5 Å². The van der Waals surface area contributed by atoms with Gasteiger partial charge in [-0.1, -0.05) is 6.42 Å². The van der Waals surface area contributed by atoms with E-state index in [4.69, 9.17) is 19.2 Å². The van der Waals surface area contributed by atoms with Gasteiger partial charge < -0.3 is 29.7 Å². The highest BCUT2D eigenvalue weighted by molar-refractivity contribution is 14.0. The second-order valence-corrected chi connectivity index (χ2v) is 7.74. The lowest BCUT2D eigenvalue weighted by atomic mass is 10.0. The minimum Gasteiger partial charge on any atom is -0.493 e. The first kappa shape index (κ1) is 27.6. The van der Waals surface area contributed by atoms with Crippen LogP contribution in [0, 0.1) is 0 Å². The highest BCUT2D eigenvalue weighted by Crippen LogP contribution is 2.38. The Kier molecular flexibility index (Phi) is 13.7. The zero-order valence-corrected chi connectivity index (χ0v) is 22.2. The quantitative estimate of drug-likeness (QED) is 0.188. The summed E-state index contributed by atoms with van der Waals surface area (Å²) in [4.78, 5) is 7.35. The van der Waals surface area contributed by atoms with Crippen molar-refractivity contribution in [1.82, 2.24) is 15.5 Å². The highest BCUT2D eigenvalue weighted by atomic mass is 127. The molecule has 1 aliphatic heterocycles. The van der Waals surface area contributed by atoms with E-state index in [1.807, 2.05) is 12.1 Å². The van der Waals surface area contributed by atoms with E-state index in [0.717, 1.165) is 37.1 Å². The lowest BCUT2D eigenvalue weighted by Gasteiger charge is -2.33. The molecule has 7 nitrogen and oxygen atoms in total. The van der Waals surface area contributed by atoms with Crippen molar-refractivity contribution in [1.29, 1.82) is 0 Å². The number of hydrogen-bond donors (Lipinski definition) is 2. The Morgan fingerprint density at radius 1 is 1.06 bits per heavy atom. The monoisotopic (exact) mass is 548 g/mol. The Morgan fingerprint density at radius 2 is 1.77 bits per heavy atom. The average Bonchev–Trinajstić information content (AvgIpc) is 2.77. The van der Waals surface area contributed by atoms with Crippen molar-refractivity contribution in [2.75, 3.05) is 47.5 Å². The second-order valence-electron chi connectivity index (χ2n) is 7.74. The molecule has 8 heteroatoms. The first-order valence-electron chi connectivity index (χ1n) is 11.2. The zero-order chi connectivity index (χ0) is 21.8. The average molecular weight is 549 g/mol. The maximum Gasteiger partial charge on any atom is 0.203 e. The van der Waals surface area contributed by atoms with Crippen LogP contribution in [-0.4, -0.2) is 64.4 Å². The normalized spacial score (nSPS) is 16.9. The third-order valence-corrected chi connectivity index (χ3v) is 5.59. The number of nitrogens with zero attached hydrogens (tertiary/aromatic N) is 2. The zero-order valence-electron chi connectivity index (χ0n) is 19.8. The van der Waals surface area contributed by atoms with E-state index >= 15 is 0 Å². The van der Waals surface area contributed by atoms with Gasteiger partial charge in [-0.3, -0.25) is 0 Å². The summed E-state index contributed by atoms with van der Waals surface area (Å²) >= 11 is 0. The van der Waals surface area contributed by atoms with Crippen molar-refractivity contribution >= 4 is 29.9 Å². The molecule has 31 heavy (non-hydrogen) atoms. The van der Waals surface area contributed by atoms with E-state index in [-0.39, 0.29) is 24.0 Å². The number of unbranched alkanes of at least 4 members (excludes halogenated alkanes) is 1. The summed E-state index contributed by atoms with van der Waals surface area (Å²) in [5.74, 6) is 2.72. The number of aliphatic imine (C=N–C) groups is 1. The molecule has 1 heterocycles. The number of likely N-dealkylation sites (tertiary alicyclic amines) is 1. The fourth-order valence-electron chi connectivity index (χ4n) is 3.88. The lowest BCUT2D eigenvalue weighted by Crippen LogP contribution is -2.39. The molecule has 0 aliphatic carbocycles. The van der Waals surface area contributed by atoms with Crippen LogP contribution in [-0.2, 0) is 6.54 Å². The van der Waals surface area contributed by atoms with Crippen LogP contribution in [0.5, 0.6) is 17.2 Å². The van der Waals surface area contributed by atoms with E-state index in [1.165, 1.54) is 38.8 Å². The SMILES string of the molecule is CCNC(=NCc1cc(OC)c(OC)c(OC)c1)NCCCCN1CCCCC1C.I. The van der Waals surface area contributed by atoms with Gasteiger partial charge in [0.1, 0.15) is 0 Å².